The molecular formula is C10H12FNO2. The van der Waals surface area contributed by atoms with Crippen LogP contribution in [0.4, 0.5) is 4.39 Å². The molecule has 1 aliphatic rings. The molecule has 0 bridgehead atoms. The number of alkyl halides is 1. The Kier molecular flexibility index (Phi) is 2.27. The van der Waals surface area contributed by atoms with Gasteiger partial charge in [-0.2, -0.15) is 0 Å². The number of ether oxygens (including phenoxy) is 1. The Labute approximate surface area is 81.5 Å². The second-order valence-electron chi connectivity index (χ2n) is 3.62. The molecule has 0 radical (unpaired) electrons. The van der Waals surface area contributed by atoms with E-state index in [1.165, 1.54) is 0 Å². The van der Waals surface area contributed by atoms with Gasteiger partial charge in [0.05, 0.1) is 0 Å². The van der Waals surface area contributed by atoms with E-state index in [4.69, 9.17) is 9.26 Å². The molecule has 3 nitrogen and oxygen atoms in total. The van der Waals surface area contributed by atoms with Gasteiger partial charge >= 0.3 is 0 Å². The van der Waals surface area contributed by atoms with E-state index in [9.17, 15) is 4.39 Å². The molecule has 0 aliphatic heterocycles. The van der Waals surface area contributed by atoms with E-state index in [-0.39, 0.29) is 6.10 Å². The summed E-state index contributed by atoms with van der Waals surface area (Å²) < 4.78 is 22.8. The SMILES string of the molecule is C=C(C)c1cc(OC2CC(F)C2)no1. The lowest BCUT2D eigenvalue weighted by molar-refractivity contribution is 0.0354. The van der Waals surface area contributed by atoms with Gasteiger partial charge in [-0.25, -0.2) is 4.39 Å². The van der Waals surface area contributed by atoms with Gasteiger partial charge in [0.25, 0.3) is 5.88 Å². The first-order chi connectivity index (χ1) is 6.65. The number of nitrogens with zero attached hydrogens (tertiary/aromatic N) is 1. The molecule has 1 aromatic rings. The van der Waals surface area contributed by atoms with Crippen molar-refractivity contribution in [1.29, 1.82) is 0 Å². The van der Waals surface area contributed by atoms with Gasteiger partial charge < -0.3 is 9.26 Å². The molecule has 1 aliphatic carbocycles. The lowest BCUT2D eigenvalue weighted by atomic mass is 9.94. The third kappa shape index (κ3) is 1.78. The van der Waals surface area contributed by atoms with Crippen LogP contribution < -0.4 is 4.74 Å². The molecule has 0 unspecified atom stereocenters. The highest BCUT2D eigenvalue weighted by Gasteiger charge is 2.31. The Morgan fingerprint density at radius 1 is 1.71 bits per heavy atom. The standard InChI is InChI=1S/C10H12FNO2/c1-6(2)9-5-10(12-14-9)13-8-3-7(11)4-8/h5,7-8H,1,3-4H2,2H3. The van der Waals surface area contributed by atoms with Crippen LogP contribution in [0.3, 0.4) is 0 Å². The summed E-state index contributed by atoms with van der Waals surface area (Å²) in [6.07, 6.45) is 0.144. The lowest BCUT2D eigenvalue weighted by Gasteiger charge is -2.28. The Morgan fingerprint density at radius 3 is 2.93 bits per heavy atom. The second-order valence-corrected chi connectivity index (χ2v) is 3.62. The maximum Gasteiger partial charge on any atom is 0.254 e. The minimum Gasteiger partial charge on any atom is -0.472 e. The van der Waals surface area contributed by atoms with E-state index >= 15 is 0 Å². The van der Waals surface area contributed by atoms with Crippen LogP contribution in [0.5, 0.6) is 5.88 Å². The van der Waals surface area contributed by atoms with Crippen LogP contribution in [0.25, 0.3) is 5.57 Å². The van der Waals surface area contributed by atoms with E-state index in [0.29, 0.717) is 24.5 Å². The predicted molar refractivity (Wildman–Crippen MR) is 49.8 cm³/mol. The van der Waals surface area contributed by atoms with Crippen LogP contribution in [0.2, 0.25) is 0 Å². The Balaban J connectivity index is 1.93. The zero-order valence-electron chi connectivity index (χ0n) is 8.00. The van der Waals surface area contributed by atoms with Crippen LogP contribution in [-0.2, 0) is 0 Å². The molecule has 0 aromatic carbocycles. The summed E-state index contributed by atoms with van der Waals surface area (Å²) >= 11 is 0. The fourth-order valence-electron chi connectivity index (χ4n) is 1.28. The van der Waals surface area contributed by atoms with Crippen LogP contribution >= 0.6 is 0 Å². The molecule has 0 amide bonds. The highest BCUT2D eigenvalue weighted by atomic mass is 19.1. The van der Waals surface area contributed by atoms with Crippen molar-refractivity contribution in [3.8, 4) is 5.88 Å². The van der Waals surface area contributed by atoms with Crippen molar-refractivity contribution >= 4 is 5.57 Å². The first kappa shape index (κ1) is 9.24. The van der Waals surface area contributed by atoms with E-state index in [0.717, 1.165) is 5.57 Å². The largest absolute Gasteiger partial charge is 0.472 e. The molecule has 1 saturated carbocycles. The first-order valence-electron chi connectivity index (χ1n) is 4.58. The highest BCUT2D eigenvalue weighted by Crippen LogP contribution is 2.28. The second kappa shape index (κ2) is 3.44. The Hall–Kier alpha value is -1.32. The summed E-state index contributed by atoms with van der Waals surface area (Å²) in [6, 6.07) is 1.67. The number of allylic oxidation sites excluding steroid dienone is 1. The third-order valence-electron chi connectivity index (χ3n) is 2.23. The zero-order chi connectivity index (χ0) is 10.1. The summed E-state index contributed by atoms with van der Waals surface area (Å²) in [7, 11) is 0. The average Bonchev–Trinajstić information content (AvgIpc) is 2.50. The molecule has 2 rings (SSSR count). The number of halogens is 1. The predicted octanol–water partition coefficient (Wildman–Crippen LogP) is 2.59. The molecule has 1 fully saturated rings. The molecular weight excluding hydrogens is 185 g/mol. The molecule has 14 heavy (non-hydrogen) atoms. The van der Waals surface area contributed by atoms with Gasteiger partial charge in [0.2, 0.25) is 0 Å². The summed E-state index contributed by atoms with van der Waals surface area (Å²) in [6.45, 7) is 5.54. The maximum atomic E-state index is 12.5. The zero-order valence-corrected chi connectivity index (χ0v) is 8.00. The van der Waals surface area contributed by atoms with E-state index in [1.54, 1.807) is 6.07 Å². The first-order valence-corrected chi connectivity index (χ1v) is 4.58. The van der Waals surface area contributed by atoms with Crippen molar-refractivity contribution in [2.45, 2.75) is 32.0 Å². The van der Waals surface area contributed by atoms with Crippen LogP contribution in [0.1, 0.15) is 25.5 Å². The minimum absolute atomic E-state index is 0.0481. The van der Waals surface area contributed by atoms with Crippen LogP contribution in [-0.4, -0.2) is 17.4 Å². The minimum atomic E-state index is -0.715. The molecule has 1 heterocycles. The topological polar surface area (TPSA) is 35.3 Å². The van der Waals surface area contributed by atoms with Gasteiger partial charge in [-0.1, -0.05) is 6.58 Å². The van der Waals surface area contributed by atoms with Crippen molar-refractivity contribution in [3.63, 3.8) is 0 Å². The number of hydrogen-bond acceptors (Lipinski definition) is 3. The molecule has 0 N–H and O–H groups in total. The molecule has 0 saturated heterocycles. The quantitative estimate of drug-likeness (QED) is 0.747. The highest BCUT2D eigenvalue weighted by molar-refractivity contribution is 5.56. The molecule has 1 aromatic heterocycles. The van der Waals surface area contributed by atoms with Gasteiger partial charge in [-0.05, 0) is 17.7 Å². The van der Waals surface area contributed by atoms with E-state index in [1.807, 2.05) is 6.92 Å². The van der Waals surface area contributed by atoms with Crippen molar-refractivity contribution in [2.75, 3.05) is 0 Å². The fraction of sp³-hybridized carbons (Fsp3) is 0.500. The lowest BCUT2D eigenvalue weighted by Crippen LogP contribution is -2.34. The molecule has 76 valence electrons. The van der Waals surface area contributed by atoms with Crippen molar-refractivity contribution < 1.29 is 13.7 Å². The van der Waals surface area contributed by atoms with Crippen LogP contribution in [0, 0.1) is 0 Å². The number of hydrogen-bond donors (Lipinski definition) is 0. The summed E-state index contributed by atoms with van der Waals surface area (Å²) in [5, 5.41) is 3.70. The van der Waals surface area contributed by atoms with Crippen molar-refractivity contribution in [3.05, 3.63) is 18.4 Å². The van der Waals surface area contributed by atoms with Gasteiger partial charge in [0.1, 0.15) is 12.3 Å². The summed E-state index contributed by atoms with van der Waals surface area (Å²) in [5.74, 6) is 1.02. The maximum absolute atomic E-state index is 12.5. The average molecular weight is 197 g/mol. The number of rotatable bonds is 3. The molecule has 0 atom stereocenters. The van der Waals surface area contributed by atoms with Crippen molar-refractivity contribution in [2.24, 2.45) is 0 Å². The Morgan fingerprint density at radius 2 is 2.43 bits per heavy atom. The summed E-state index contributed by atoms with van der Waals surface area (Å²) in [4.78, 5) is 0. The van der Waals surface area contributed by atoms with Gasteiger partial charge in [-0.3, -0.25) is 0 Å². The number of aromatic nitrogens is 1. The molecule has 0 spiro atoms. The Bertz CT molecular complexity index is 342. The van der Waals surface area contributed by atoms with Crippen LogP contribution in [0.15, 0.2) is 17.2 Å². The summed E-state index contributed by atoms with van der Waals surface area (Å²) in [5.41, 5.74) is 0.796. The normalized spacial score (nSPS) is 25.6. The molecule has 4 heteroatoms. The monoisotopic (exact) mass is 197 g/mol. The van der Waals surface area contributed by atoms with E-state index in [2.05, 4.69) is 11.7 Å². The van der Waals surface area contributed by atoms with Gasteiger partial charge in [-0.15, -0.1) is 0 Å². The third-order valence-corrected chi connectivity index (χ3v) is 2.23. The van der Waals surface area contributed by atoms with Gasteiger partial charge in [0, 0.05) is 18.9 Å². The van der Waals surface area contributed by atoms with Gasteiger partial charge in [0.15, 0.2) is 5.76 Å². The van der Waals surface area contributed by atoms with Crippen molar-refractivity contribution in [1.82, 2.24) is 5.16 Å². The fourth-order valence-corrected chi connectivity index (χ4v) is 1.28. The van der Waals surface area contributed by atoms with E-state index < -0.39 is 6.17 Å². The smallest absolute Gasteiger partial charge is 0.254 e.